The van der Waals surface area contributed by atoms with Crippen LogP contribution < -0.4 is 5.32 Å². The SMILES string of the molecule is CC(C)(C)C(=O)N1CCC2(CC1)OC[C@H](C(=O)NCc1ccco1)N2C(=O)c1ccc(F)cc1. The molecule has 2 aromatic rings. The third-order valence-corrected chi connectivity index (χ3v) is 6.36. The summed E-state index contributed by atoms with van der Waals surface area (Å²) in [5.74, 6) is -0.606. The number of furan rings is 1. The molecule has 1 N–H and O–H groups in total. The highest BCUT2D eigenvalue weighted by molar-refractivity contribution is 5.98. The normalized spacial score (nSPS) is 19.9. The second-order valence-electron chi connectivity index (χ2n) is 9.79. The van der Waals surface area contributed by atoms with Gasteiger partial charge in [-0.25, -0.2) is 4.39 Å². The Morgan fingerprint density at radius 2 is 1.79 bits per heavy atom. The fourth-order valence-corrected chi connectivity index (χ4v) is 4.54. The van der Waals surface area contributed by atoms with E-state index in [-0.39, 0.29) is 30.5 Å². The zero-order valence-electron chi connectivity index (χ0n) is 19.7. The predicted molar refractivity (Wildman–Crippen MR) is 121 cm³/mol. The van der Waals surface area contributed by atoms with Gasteiger partial charge in [0.2, 0.25) is 11.8 Å². The number of amides is 3. The maximum Gasteiger partial charge on any atom is 0.256 e. The quantitative estimate of drug-likeness (QED) is 0.740. The minimum Gasteiger partial charge on any atom is -0.467 e. The summed E-state index contributed by atoms with van der Waals surface area (Å²) in [7, 11) is 0. The van der Waals surface area contributed by atoms with Crippen molar-refractivity contribution in [2.24, 2.45) is 5.41 Å². The van der Waals surface area contributed by atoms with Gasteiger partial charge >= 0.3 is 0 Å². The highest BCUT2D eigenvalue weighted by Crippen LogP contribution is 2.39. The summed E-state index contributed by atoms with van der Waals surface area (Å²) in [6.45, 7) is 6.64. The summed E-state index contributed by atoms with van der Waals surface area (Å²) in [6, 6.07) is 7.85. The molecule has 2 saturated heterocycles. The number of ether oxygens (including phenoxy) is 1. The number of carbonyl (C=O) groups is 3. The number of nitrogens with zero attached hydrogens (tertiary/aromatic N) is 2. The lowest BCUT2D eigenvalue weighted by molar-refractivity contribution is -0.150. The van der Waals surface area contributed by atoms with Crippen LogP contribution >= 0.6 is 0 Å². The van der Waals surface area contributed by atoms with Crippen molar-refractivity contribution in [3.63, 3.8) is 0 Å². The number of hydrogen-bond acceptors (Lipinski definition) is 5. The fourth-order valence-electron chi connectivity index (χ4n) is 4.54. The van der Waals surface area contributed by atoms with Crippen LogP contribution in [0.25, 0.3) is 0 Å². The molecule has 4 rings (SSSR count). The van der Waals surface area contributed by atoms with Crippen LogP contribution in [0.5, 0.6) is 0 Å². The van der Waals surface area contributed by atoms with E-state index in [0.717, 1.165) is 0 Å². The minimum absolute atomic E-state index is 0.0319. The Bertz CT molecular complexity index is 1040. The molecule has 0 bridgehead atoms. The van der Waals surface area contributed by atoms with Gasteiger partial charge in [-0.15, -0.1) is 0 Å². The first-order valence-electron chi connectivity index (χ1n) is 11.4. The molecule has 0 saturated carbocycles. The summed E-state index contributed by atoms with van der Waals surface area (Å²) in [4.78, 5) is 42.7. The summed E-state index contributed by atoms with van der Waals surface area (Å²) < 4.78 is 24.9. The lowest BCUT2D eigenvalue weighted by Gasteiger charge is -2.45. The van der Waals surface area contributed by atoms with Gasteiger partial charge in [-0.05, 0) is 36.4 Å². The highest BCUT2D eigenvalue weighted by atomic mass is 19.1. The molecule has 1 aromatic heterocycles. The maximum atomic E-state index is 13.6. The molecule has 1 atom stereocenters. The summed E-state index contributed by atoms with van der Waals surface area (Å²) in [5.41, 5.74) is -1.27. The van der Waals surface area contributed by atoms with Crippen LogP contribution in [0.4, 0.5) is 4.39 Å². The number of halogens is 1. The standard InChI is InChI=1S/C25H30FN3O5/c1-24(2,3)23(32)28-12-10-25(11-13-28)29(22(31)17-6-8-18(26)9-7-17)20(16-34-25)21(30)27-15-19-5-4-14-33-19/h4-9,14,20H,10-13,15-16H2,1-3H3,(H,27,30)/t20-/m1/s1. The van der Waals surface area contributed by atoms with Gasteiger partial charge in [0, 0.05) is 36.9 Å². The zero-order valence-corrected chi connectivity index (χ0v) is 19.7. The van der Waals surface area contributed by atoms with Gasteiger partial charge in [-0.1, -0.05) is 20.8 Å². The second kappa shape index (κ2) is 9.21. The molecule has 1 spiro atoms. The Labute approximate surface area is 198 Å². The van der Waals surface area contributed by atoms with Crippen molar-refractivity contribution in [3.8, 4) is 0 Å². The van der Waals surface area contributed by atoms with Gasteiger partial charge in [-0.2, -0.15) is 0 Å². The monoisotopic (exact) mass is 471 g/mol. The predicted octanol–water partition coefficient (Wildman–Crippen LogP) is 2.94. The first kappa shape index (κ1) is 23.9. The molecule has 0 unspecified atom stereocenters. The summed E-state index contributed by atoms with van der Waals surface area (Å²) in [5, 5.41) is 2.81. The number of benzene rings is 1. The van der Waals surface area contributed by atoms with E-state index < -0.39 is 28.9 Å². The van der Waals surface area contributed by atoms with Crippen molar-refractivity contribution in [3.05, 3.63) is 59.8 Å². The van der Waals surface area contributed by atoms with Gasteiger partial charge in [0.25, 0.3) is 5.91 Å². The van der Waals surface area contributed by atoms with Crippen LogP contribution in [-0.2, 0) is 20.9 Å². The molecule has 182 valence electrons. The van der Waals surface area contributed by atoms with E-state index in [1.54, 1.807) is 17.0 Å². The average molecular weight is 472 g/mol. The second-order valence-corrected chi connectivity index (χ2v) is 9.79. The van der Waals surface area contributed by atoms with E-state index in [1.165, 1.54) is 35.4 Å². The number of rotatable bonds is 4. The molecule has 2 aliphatic rings. The first-order chi connectivity index (χ1) is 16.1. The molecule has 8 nitrogen and oxygen atoms in total. The molecule has 3 heterocycles. The van der Waals surface area contributed by atoms with Crippen LogP contribution in [-0.4, -0.2) is 59.0 Å². The molecular formula is C25H30FN3O5. The van der Waals surface area contributed by atoms with Crippen molar-refractivity contribution in [2.75, 3.05) is 19.7 Å². The molecule has 34 heavy (non-hydrogen) atoms. The Morgan fingerprint density at radius 3 is 2.38 bits per heavy atom. The first-order valence-corrected chi connectivity index (χ1v) is 11.4. The Morgan fingerprint density at radius 1 is 1.12 bits per heavy atom. The van der Waals surface area contributed by atoms with Gasteiger partial charge in [0.15, 0.2) is 0 Å². The maximum absolute atomic E-state index is 13.6. The number of likely N-dealkylation sites (tertiary alicyclic amines) is 1. The van der Waals surface area contributed by atoms with E-state index in [9.17, 15) is 18.8 Å². The van der Waals surface area contributed by atoms with Crippen LogP contribution in [0.2, 0.25) is 0 Å². The van der Waals surface area contributed by atoms with Crippen LogP contribution in [0.15, 0.2) is 47.1 Å². The summed E-state index contributed by atoms with van der Waals surface area (Å²) >= 11 is 0. The Balaban J connectivity index is 1.57. The van der Waals surface area contributed by atoms with Gasteiger partial charge < -0.3 is 19.4 Å². The zero-order chi connectivity index (χ0) is 24.5. The van der Waals surface area contributed by atoms with Gasteiger partial charge in [0.05, 0.1) is 19.4 Å². The van der Waals surface area contributed by atoms with Crippen molar-refractivity contribution < 1.29 is 27.9 Å². The van der Waals surface area contributed by atoms with E-state index in [1.807, 2.05) is 20.8 Å². The lowest BCUT2D eigenvalue weighted by atomic mass is 9.91. The Hall–Kier alpha value is -3.20. The van der Waals surface area contributed by atoms with Crippen molar-refractivity contribution >= 4 is 17.7 Å². The molecule has 1 aromatic carbocycles. The third kappa shape index (κ3) is 4.70. The van der Waals surface area contributed by atoms with Crippen LogP contribution in [0.1, 0.15) is 49.7 Å². The van der Waals surface area contributed by atoms with E-state index in [0.29, 0.717) is 31.7 Å². The minimum atomic E-state index is -1.02. The number of carbonyl (C=O) groups excluding carboxylic acids is 3. The van der Waals surface area contributed by atoms with Gasteiger partial charge in [-0.3, -0.25) is 19.3 Å². The molecule has 0 aliphatic carbocycles. The van der Waals surface area contributed by atoms with Crippen LogP contribution in [0, 0.1) is 11.2 Å². The average Bonchev–Trinajstić information content (AvgIpc) is 3.45. The highest BCUT2D eigenvalue weighted by Gasteiger charge is 2.54. The van der Waals surface area contributed by atoms with E-state index in [2.05, 4.69) is 5.32 Å². The van der Waals surface area contributed by atoms with Crippen LogP contribution in [0.3, 0.4) is 0 Å². The van der Waals surface area contributed by atoms with E-state index in [4.69, 9.17) is 9.15 Å². The lowest BCUT2D eigenvalue weighted by Crippen LogP contribution is -2.60. The number of piperidine rings is 1. The molecule has 3 amide bonds. The Kier molecular flexibility index (Phi) is 6.49. The van der Waals surface area contributed by atoms with Gasteiger partial charge in [0.1, 0.15) is 23.3 Å². The van der Waals surface area contributed by atoms with Crippen molar-refractivity contribution in [1.82, 2.24) is 15.1 Å². The molecular weight excluding hydrogens is 441 g/mol. The summed E-state index contributed by atoms with van der Waals surface area (Å²) in [6.07, 6.45) is 2.28. The topological polar surface area (TPSA) is 92.1 Å². The number of hydrogen-bond donors (Lipinski definition) is 1. The van der Waals surface area contributed by atoms with E-state index >= 15 is 0 Å². The van der Waals surface area contributed by atoms with Crippen molar-refractivity contribution in [2.45, 2.75) is 51.9 Å². The fraction of sp³-hybridized carbons (Fsp3) is 0.480. The molecule has 9 heteroatoms. The molecule has 0 radical (unpaired) electrons. The third-order valence-electron chi connectivity index (χ3n) is 6.36. The molecule has 2 aliphatic heterocycles. The largest absolute Gasteiger partial charge is 0.467 e. The number of nitrogens with one attached hydrogen (secondary N) is 1. The molecule has 2 fully saturated rings. The smallest absolute Gasteiger partial charge is 0.256 e. The van der Waals surface area contributed by atoms with Crippen molar-refractivity contribution in [1.29, 1.82) is 0 Å².